The molecule has 0 aliphatic heterocycles. The number of aryl methyl sites for hydroxylation is 1. The van der Waals surface area contributed by atoms with Gasteiger partial charge in [0.15, 0.2) is 0 Å². The number of para-hydroxylation sites is 1. The van der Waals surface area contributed by atoms with Gasteiger partial charge in [-0.15, -0.1) is 0 Å². The molecule has 0 aromatic heterocycles. The van der Waals surface area contributed by atoms with Gasteiger partial charge in [-0.2, -0.15) is 0 Å². The second-order valence-corrected chi connectivity index (χ2v) is 6.99. The Morgan fingerprint density at radius 1 is 1.15 bits per heavy atom. The first-order chi connectivity index (χ1) is 9.36. The lowest BCUT2D eigenvalue weighted by Crippen LogP contribution is -2.26. The van der Waals surface area contributed by atoms with Crippen LogP contribution < -0.4 is 10.6 Å². The SMILES string of the molecule is Cc1ccccc1N(C)CCCC(CCN)C(C)(C)C. The Kier molecular flexibility index (Phi) is 6.54. The fraction of sp³-hybridized carbons (Fsp3) is 0.667. The van der Waals surface area contributed by atoms with E-state index in [2.05, 4.69) is 63.9 Å². The van der Waals surface area contributed by atoms with E-state index in [-0.39, 0.29) is 0 Å². The summed E-state index contributed by atoms with van der Waals surface area (Å²) in [6, 6.07) is 8.60. The molecule has 1 aromatic rings. The van der Waals surface area contributed by atoms with E-state index >= 15 is 0 Å². The lowest BCUT2D eigenvalue weighted by atomic mass is 9.76. The molecule has 2 N–H and O–H groups in total. The zero-order valence-electron chi connectivity index (χ0n) is 13.9. The molecule has 0 saturated carbocycles. The molecule has 0 saturated heterocycles. The van der Waals surface area contributed by atoms with Gasteiger partial charge in [-0.3, -0.25) is 0 Å². The van der Waals surface area contributed by atoms with E-state index in [1.165, 1.54) is 24.1 Å². The van der Waals surface area contributed by atoms with Crippen molar-refractivity contribution in [2.24, 2.45) is 17.1 Å². The van der Waals surface area contributed by atoms with Crippen LogP contribution in [0.5, 0.6) is 0 Å². The number of nitrogens with two attached hydrogens (primary N) is 1. The van der Waals surface area contributed by atoms with Crippen molar-refractivity contribution in [3.05, 3.63) is 29.8 Å². The van der Waals surface area contributed by atoms with Crippen molar-refractivity contribution in [2.45, 2.75) is 47.0 Å². The van der Waals surface area contributed by atoms with E-state index in [1.54, 1.807) is 0 Å². The molecule has 2 heteroatoms. The highest BCUT2D eigenvalue weighted by Gasteiger charge is 2.23. The molecule has 1 rings (SSSR count). The van der Waals surface area contributed by atoms with Crippen molar-refractivity contribution in [2.75, 3.05) is 25.0 Å². The maximum absolute atomic E-state index is 5.76. The van der Waals surface area contributed by atoms with Crippen LogP contribution in [0.25, 0.3) is 0 Å². The number of rotatable bonds is 7. The maximum Gasteiger partial charge on any atom is 0.0393 e. The molecule has 0 bridgehead atoms. The Labute approximate surface area is 125 Å². The van der Waals surface area contributed by atoms with E-state index in [9.17, 15) is 0 Å². The Hall–Kier alpha value is -1.02. The lowest BCUT2D eigenvalue weighted by molar-refractivity contribution is 0.211. The van der Waals surface area contributed by atoms with E-state index in [4.69, 9.17) is 5.73 Å². The average molecular weight is 276 g/mol. The van der Waals surface area contributed by atoms with Crippen molar-refractivity contribution in [1.29, 1.82) is 0 Å². The van der Waals surface area contributed by atoms with Crippen LogP contribution in [-0.2, 0) is 0 Å². The summed E-state index contributed by atoms with van der Waals surface area (Å²) in [5.74, 6) is 0.720. The van der Waals surface area contributed by atoms with Crippen LogP contribution in [0.2, 0.25) is 0 Å². The van der Waals surface area contributed by atoms with Crippen molar-refractivity contribution >= 4 is 5.69 Å². The second kappa shape index (κ2) is 7.68. The molecule has 20 heavy (non-hydrogen) atoms. The van der Waals surface area contributed by atoms with Crippen LogP contribution in [0, 0.1) is 18.3 Å². The molecule has 1 aromatic carbocycles. The van der Waals surface area contributed by atoms with E-state index in [0.29, 0.717) is 5.41 Å². The molecule has 2 nitrogen and oxygen atoms in total. The van der Waals surface area contributed by atoms with Gasteiger partial charge in [0.25, 0.3) is 0 Å². The normalized spacial score (nSPS) is 13.3. The van der Waals surface area contributed by atoms with E-state index in [0.717, 1.165) is 25.4 Å². The molecule has 1 atom stereocenters. The molecule has 1 unspecified atom stereocenters. The lowest BCUT2D eigenvalue weighted by Gasteiger charge is -2.31. The van der Waals surface area contributed by atoms with Crippen molar-refractivity contribution in [1.82, 2.24) is 0 Å². The second-order valence-electron chi connectivity index (χ2n) is 6.99. The van der Waals surface area contributed by atoms with Crippen LogP contribution in [-0.4, -0.2) is 20.1 Å². The summed E-state index contributed by atoms with van der Waals surface area (Å²) < 4.78 is 0. The maximum atomic E-state index is 5.76. The monoisotopic (exact) mass is 276 g/mol. The summed E-state index contributed by atoms with van der Waals surface area (Å²) in [7, 11) is 2.19. The number of hydrogen-bond acceptors (Lipinski definition) is 2. The van der Waals surface area contributed by atoms with Gasteiger partial charge in [0.1, 0.15) is 0 Å². The van der Waals surface area contributed by atoms with Gasteiger partial charge < -0.3 is 10.6 Å². The summed E-state index contributed by atoms with van der Waals surface area (Å²) in [4.78, 5) is 2.37. The van der Waals surface area contributed by atoms with Gasteiger partial charge in [0.2, 0.25) is 0 Å². The van der Waals surface area contributed by atoms with Crippen LogP contribution in [0.15, 0.2) is 24.3 Å². The number of benzene rings is 1. The third-order valence-electron chi connectivity index (χ3n) is 4.31. The molecule has 0 aliphatic rings. The van der Waals surface area contributed by atoms with Gasteiger partial charge in [-0.25, -0.2) is 0 Å². The summed E-state index contributed by atoms with van der Waals surface area (Å²) in [5.41, 5.74) is 8.82. The molecule has 0 radical (unpaired) electrons. The minimum Gasteiger partial charge on any atom is -0.374 e. The average Bonchev–Trinajstić information content (AvgIpc) is 2.37. The van der Waals surface area contributed by atoms with Gasteiger partial charge >= 0.3 is 0 Å². The van der Waals surface area contributed by atoms with Crippen molar-refractivity contribution in [3.63, 3.8) is 0 Å². The zero-order valence-corrected chi connectivity index (χ0v) is 13.9. The first-order valence-corrected chi connectivity index (χ1v) is 7.83. The minimum atomic E-state index is 0.362. The standard InChI is InChI=1S/C18H32N2/c1-15-9-6-7-11-17(15)20(5)14-8-10-16(12-13-19)18(2,3)4/h6-7,9,11,16H,8,10,12-14,19H2,1-5H3. The Morgan fingerprint density at radius 2 is 1.80 bits per heavy atom. The molecule has 0 heterocycles. The topological polar surface area (TPSA) is 29.3 Å². The Balaban J connectivity index is 2.49. The Morgan fingerprint density at radius 3 is 2.35 bits per heavy atom. The van der Waals surface area contributed by atoms with Gasteiger partial charge in [-0.1, -0.05) is 39.0 Å². The highest BCUT2D eigenvalue weighted by molar-refractivity contribution is 5.52. The Bertz CT molecular complexity index is 393. The first kappa shape index (κ1) is 17.0. The molecular weight excluding hydrogens is 244 g/mol. The molecule has 0 amide bonds. The minimum absolute atomic E-state index is 0.362. The zero-order chi connectivity index (χ0) is 15.2. The smallest absolute Gasteiger partial charge is 0.0393 e. The molecule has 114 valence electrons. The fourth-order valence-corrected chi connectivity index (χ4v) is 2.90. The van der Waals surface area contributed by atoms with Crippen LogP contribution in [0.4, 0.5) is 5.69 Å². The van der Waals surface area contributed by atoms with Crippen molar-refractivity contribution in [3.8, 4) is 0 Å². The molecule has 0 spiro atoms. The first-order valence-electron chi connectivity index (χ1n) is 7.83. The summed E-state index contributed by atoms with van der Waals surface area (Å²) in [6.45, 7) is 11.1. The van der Waals surface area contributed by atoms with Crippen molar-refractivity contribution < 1.29 is 0 Å². The van der Waals surface area contributed by atoms with Gasteiger partial charge in [0.05, 0.1) is 0 Å². The third-order valence-corrected chi connectivity index (χ3v) is 4.31. The highest BCUT2D eigenvalue weighted by atomic mass is 15.1. The van der Waals surface area contributed by atoms with Crippen LogP contribution in [0.1, 0.15) is 45.6 Å². The number of anilines is 1. The predicted molar refractivity (Wildman–Crippen MR) is 90.3 cm³/mol. The number of hydrogen-bond donors (Lipinski definition) is 1. The largest absolute Gasteiger partial charge is 0.374 e. The quantitative estimate of drug-likeness (QED) is 0.808. The number of nitrogens with zero attached hydrogens (tertiary/aromatic N) is 1. The van der Waals surface area contributed by atoms with Crippen LogP contribution >= 0.6 is 0 Å². The van der Waals surface area contributed by atoms with Gasteiger partial charge in [-0.05, 0) is 55.7 Å². The third kappa shape index (κ3) is 5.16. The molecule has 0 aliphatic carbocycles. The summed E-state index contributed by atoms with van der Waals surface area (Å²) in [6.07, 6.45) is 3.63. The summed E-state index contributed by atoms with van der Waals surface area (Å²) in [5, 5.41) is 0. The van der Waals surface area contributed by atoms with Crippen LogP contribution in [0.3, 0.4) is 0 Å². The van der Waals surface area contributed by atoms with Gasteiger partial charge in [0, 0.05) is 19.3 Å². The predicted octanol–water partition coefficient (Wildman–Crippen LogP) is 4.22. The van der Waals surface area contributed by atoms with E-state index in [1.807, 2.05) is 0 Å². The molecule has 0 fully saturated rings. The fourth-order valence-electron chi connectivity index (χ4n) is 2.90. The molecular formula is C18H32N2. The van der Waals surface area contributed by atoms with E-state index < -0.39 is 0 Å². The summed E-state index contributed by atoms with van der Waals surface area (Å²) >= 11 is 0. The highest BCUT2D eigenvalue weighted by Crippen LogP contribution is 2.32.